The molecule has 108 valence electrons. The van der Waals surface area contributed by atoms with Crippen LogP contribution in [0.1, 0.15) is 19.4 Å². The van der Waals surface area contributed by atoms with Gasteiger partial charge in [-0.1, -0.05) is 12.1 Å². The lowest BCUT2D eigenvalue weighted by atomic mass is 10.2. The van der Waals surface area contributed by atoms with Crippen LogP contribution in [0.25, 0.3) is 0 Å². The van der Waals surface area contributed by atoms with Crippen LogP contribution in [0.4, 0.5) is 10.8 Å². The molecular formula is C14H19N3O2S. The largest absolute Gasteiger partial charge is 0.497 e. The van der Waals surface area contributed by atoms with Crippen molar-refractivity contribution in [2.45, 2.75) is 26.5 Å². The Morgan fingerprint density at radius 3 is 2.60 bits per heavy atom. The molecule has 0 saturated carbocycles. The smallest absolute Gasteiger partial charge is 0.197 e. The Balaban J connectivity index is 2.02. The third-order valence-electron chi connectivity index (χ3n) is 2.64. The maximum Gasteiger partial charge on any atom is 0.197 e. The Bertz CT molecular complexity index is 552. The molecule has 0 bridgehead atoms. The topological polar surface area (TPSA) is 69.4 Å². The van der Waals surface area contributed by atoms with Gasteiger partial charge in [-0.05, 0) is 43.1 Å². The van der Waals surface area contributed by atoms with E-state index in [9.17, 15) is 0 Å². The molecular weight excluding hydrogens is 274 g/mol. The lowest BCUT2D eigenvalue weighted by Gasteiger charge is -2.11. The van der Waals surface area contributed by atoms with Gasteiger partial charge in [0, 0.05) is 6.54 Å². The molecule has 2 rings (SSSR count). The minimum absolute atomic E-state index is 0.0650. The zero-order valence-corrected chi connectivity index (χ0v) is 12.7. The van der Waals surface area contributed by atoms with E-state index in [0.29, 0.717) is 18.1 Å². The Kier molecular flexibility index (Phi) is 4.68. The monoisotopic (exact) mass is 293 g/mol. The van der Waals surface area contributed by atoms with Crippen LogP contribution in [0, 0.1) is 0 Å². The minimum Gasteiger partial charge on any atom is -0.497 e. The average Bonchev–Trinajstić information content (AvgIpc) is 2.78. The Hall–Kier alpha value is -1.95. The molecule has 0 aliphatic rings. The number of ether oxygens (including phenoxy) is 2. The molecule has 1 aromatic carbocycles. The molecule has 1 heterocycles. The maximum atomic E-state index is 5.81. The summed E-state index contributed by atoms with van der Waals surface area (Å²) in [6.07, 6.45) is 0.0650. The van der Waals surface area contributed by atoms with Gasteiger partial charge in [0.05, 0.1) is 13.2 Å². The van der Waals surface area contributed by atoms with E-state index in [1.54, 1.807) is 7.11 Å². The first-order chi connectivity index (χ1) is 9.60. The molecule has 5 nitrogen and oxygen atoms in total. The summed E-state index contributed by atoms with van der Waals surface area (Å²) in [5.41, 5.74) is 6.96. The fourth-order valence-electron chi connectivity index (χ4n) is 1.68. The van der Waals surface area contributed by atoms with Crippen molar-refractivity contribution in [1.29, 1.82) is 0 Å². The van der Waals surface area contributed by atoms with Crippen LogP contribution >= 0.6 is 11.5 Å². The highest BCUT2D eigenvalue weighted by atomic mass is 32.1. The molecule has 0 unspecified atom stereocenters. The first kappa shape index (κ1) is 14.5. The van der Waals surface area contributed by atoms with Crippen molar-refractivity contribution in [1.82, 2.24) is 4.37 Å². The quantitative estimate of drug-likeness (QED) is 0.856. The van der Waals surface area contributed by atoms with Gasteiger partial charge in [-0.3, -0.25) is 0 Å². The lowest BCUT2D eigenvalue weighted by molar-refractivity contribution is 0.245. The number of hydrogen-bond acceptors (Lipinski definition) is 6. The van der Waals surface area contributed by atoms with Crippen LogP contribution in [0.15, 0.2) is 24.3 Å². The summed E-state index contributed by atoms with van der Waals surface area (Å²) in [6, 6.07) is 7.89. The van der Waals surface area contributed by atoms with Crippen LogP contribution < -0.4 is 20.5 Å². The van der Waals surface area contributed by atoms with Crippen molar-refractivity contribution in [3.63, 3.8) is 0 Å². The van der Waals surface area contributed by atoms with E-state index >= 15 is 0 Å². The number of nitrogens with two attached hydrogens (primary N) is 1. The molecule has 0 aliphatic carbocycles. The number of nitrogens with zero attached hydrogens (tertiary/aromatic N) is 1. The van der Waals surface area contributed by atoms with Gasteiger partial charge in [0.1, 0.15) is 5.75 Å². The second kappa shape index (κ2) is 6.47. The van der Waals surface area contributed by atoms with E-state index in [-0.39, 0.29) is 6.10 Å². The molecule has 3 N–H and O–H groups in total. The summed E-state index contributed by atoms with van der Waals surface area (Å²) < 4.78 is 14.9. The van der Waals surface area contributed by atoms with Gasteiger partial charge in [-0.25, -0.2) is 0 Å². The third-order valence-corrected chi connectivity index (χ3v) is 3.44. The molecule has 1 aromatic heterocycles. The van der Waals surface area contributed by atoms with Crippen LogP contribution in [0.3, 0.4) is 0 Å². The molecule has 0 fully saturated rings. The molecule has 0 radical (unpaired) electrons. The van der Waals surface area contributed by atoms with Crippen LogP contribution in [0.5, 0.6) is 11.5 Å². The van der Waals surface area contributed by atoms with Gasteiger partial charge < -0.3 is 20.5 Å². The summed E-state index contributed by atoms with van der Waals surface area (Å²) >= 11 is 1.31. The van der Waals surface area contributed by atoms with Gasteiger partial charge in [0.2, 0.25) is 0 Å². The Morgan fingerprint density at radius 2 is 2.00 bits per heavy atom. The van der Waals surface area contributed by atoms with Gasteiger partial charge in [-0.2, -0.15) is 4.37 Å². The maximum absolute atomic E-state index is 5.81. The Labute approximate surface area is 122 Å². The number of nitrogen functional groups attached to an aromatic ring is 1. The zero-order chi connectivity index (χ0) is 14.5. The molecule has 0 atom stereocenters. The van der Waals surface area contributed by atoms with Crippen molar-refractivity contribution in [2.24, 2.45) is 0 Å². The van der Waals surface area contributed by atoms with Crippen LogP contribution in [-0.2, 0) is 6.54 Å². The number of anilines is 2. The fraction of sp³-hybridized carbons (Fsp3) is 0.357. The highest BCUT2D eigenvalue weighted by Gasteiger charge is 2.14. The summed E-state index contributed by atoms with van der Waals surface area (Å²) in [6.45, 7) is 4.61. The highest BCUT2D eigenvalue weighted by molar-refractivity contribution is 7.11. The third kappa shape index (κ3) is 3.54. The van der Waals surface area contributed by atoms with E-state index in [2.05, 4.69) is 9.69 Å². The van der Waals surface area contributed by atoms with E-state index in [1.165, 1.54) is 11.5 Å². The van der Waals surface area contributed by atoms with Crippen molar-refractivity contribution in [3.05, 3.63) is 29.8 Å². The number of aromatic nitrogens is 1. The predicted octanol–water partition coefficient (Wildman–Crippen LogP) is 3.13. The number of methoxy groups -OCH3 is 1. The molecule has 6 heteroatoms. The van der Waals surface area contributed by atoms with Crippen LogP contribution in [0.2, 0.25) is 0 Å². The Morgan fingerprint density at radius 1 is 1.30 bits per heavy atom. The van der Waals surface area contributed by atoms with E-state index < -0.39 is 0 Å². The molecule has 20 heavy (non-hydrogen) atoms. The zero-order valence-electron chi connectivity index (χ0n) is 11.8. The number of hydrogen-bond donors (Lipinski definition) is 2. The molecule has 0 amide bonds. The molecule has 0 saturated heterocycles. The summed E-state index contributed by atoms with van der Waals surface area (Å²) in [4.78, 5) is 0. The number of nitrogens with one attached hydrogen (secondary N) is 1. The standard InChI is InChI=1S/C14H19N3O2S/c1-9(2)19-12-13(15)17-20-14(12)16-8-10-4-6-11(18-3)7-5-10/h4-7,9,16H,8H2,1-3H3,(H2,15,17). The summed E-state index contributed by atoms with van der Waals surface area (Å²) in [5.74, 6) is 1.92. The minimum atomic E-state index is 0.0650. The molecule has 0 spiro atoms. The first-order valence-corrected chi connectivity index (χ1v) is 7.16. The molecule has 2 aromatic rings. The van der Waals surface area contributed by atoms with Gasteiger partial charge in [0.25, 0.3) is 0 Å². The summed E-state index contributed by atoms with van der Waals surface area (Å²) in [7, 11) is 1.66. The van der Waals surface area contributed by atoms with E-state index in [1.807, 2.05) is 38.1 Å². The predicted molar refractivity (Wildman–Crippen MR) is 82.6 cm³/mol. The van der Waals surface area contributed by atoms with E-state index in [4.69, 9.17) is 15.2 Å². The van der Waals surface area contributed by atoms with Gasteiger partial charge in [-0.15, -0.1) is 0 Å². The number of rotatable bonds is 6. The average molecular weight is 293 g/mol. The fourth-order valence-corrected chi connectivity index (χ4v) is 2.33. The first-order valence-electron chi connectivity index (χ1n) is 6.38. The van der Waals surface area contributed by atoms with Crippen molar-refractivity contribution >= 4 is 22.4 Å². The van der Waals surface area contributed by atoms with Gasteiger partial charge in [0.15, 0.2) is 16.6 Å². The SMILES string of the molecule is COc1ccc(CNc2snc(N)c2OC(C)C)cc1. The van der Waals surface area contributed by atoms with Crippen molar-refractivity contribution in [2.75, 3.05) is 18.2 Å². The normalized spacial score (nSPS) is 10.6. The summed E-state index contributed by atoms with van der Waals surface area (Å²) in [5, 5.41) is 4.16. The number of benzene rings is 1. The second-order valence-electron chi connectivity index (χ2n) is 4.59. The lowest BCUT2D eigenvalue weighted by Crippen LogP contribution is -2.08. The van der Waals surface area contributed by atoms with Crippen molar-refractivity contribution in [3.8, 4) is 11.5 Å². The highest BCUT2D eigenvalue weighted by Crippen LogP contribution is 2.36. The van der Waals surface area contributed by atoms with Crippen molar-refractivity contribution < 1.29 is 9.47 Å². The van der Waals surface area contributed by atoms with E-state index in [0.717, 1.165) is 16.3 Å². The van der Waals surface area contributed by atoms with Crippen LogP contribution in [-0.4, -0.2) is 17.6 Å². The molecule has 0 aliphatic heterocycles. The van der Waals surface area contributed by atoms with Gasteiger partial charge >= 0.3 is 0 Å². The second-order valence-corrected chi connectivity index (χ2v) is 5.37.